The van der Waals surface area contributed by atoms with Crippen molar-refractivity contribution in [2.24, 2.45) is 11.8 Å². The van der Waals surface area contributed by atoms with E-state index >= 15 is 0 Å². The Morgan fingerprint density at radius 3 is 2.96 bits per heavy atom. The molecule has 0 aromatic carbocycles. The summed E-state index contributed by atoms with van der Waals surface area (Å²) < 4.78 is 11.8. The summed E-state index contributed by atoms with van der Waals surface area (Å²) in [6, 6.07) is 3.81. The maximum atomic E-state index is 12.3. The SMILES string of the molecule is O=C(C1CCC1)N1CC2(C1)OCC[C@H]2CCOc1cccnc1. The zero-order chi connectivity index (χ0) is 15.7. The van der Waals surface area contributed by atoms with E-state index in [1.807, 2.05) is 17.0 Å². The van der Waals surface area contributed by atoms with Crippen LogP contribution >= 0.6 is 0 Å². The van der Waals surface area contributed by atoms with Crippen LogP contribution in [0.5, 0.6) is 5.75 Å². The van der Waals surface area contributed by atoms with E-state index < -0.39 is 0 Å². The van der Waals surface area contributed by atoms with E-state index in [0.29, 0.717) is 24.3 Å². The first-order valence-electron chi connectivity index (χ1n) is 8.72. The third kappa shape index (κ3) is 2.82. The van der Waals surface area contributed by atoms with Gasteiger partial charge in [-0.05, 0) is 43.7 Å². The Morgan fingerprint density at radius 1 is 1.39 bits per heavy atom. The van der Waals surface area contributed by atoms with Gasteiger partial charge in [0.05, 0.1) is 25.9 Å². The second-order valence-corrected chi connectivity index (χ2v) is 7.05. The first-order valence-corrected chi connectivity index (χ1v) is 8.72. The van der Waals surface area contributed by atoms with Gasteiger partial charge in [-0.1, -0.05) is 6.42 Å². The second-order valence-electron chi connectivity index (χ2n) is 7.05. The van der Waals surface area contributed by atoms with Crippen molar-refractivity contribution in [2.75, 3.05) is 26.3 Å². The Hall–Kier alpha value is -1.62. The zero-order valence-electron chi connectivity index (χ0n) is 13.4. The van der Waals surface area contributed by atoms with Gasteiger partial charge in [0.2, 0.25) is 5.91 Å². The zero-order valence-corrected chi connectivity index (χ0v) is 13.4. The molecular weight excluding hydrogens is 292 g/mol. The molecular formula is C18H24N2O3. The Labute approximate surface area is 137 Å². The number of amides is 1. The van der Waals surface area contributed by atoms with Gasteiger partial charge in [0.15, 0.2) is 0 Å². The van der Waals surface area contributed by atoms with E-state index in [-0.39, 0.29) is 5.60 Å². The van der Waals surface area contributed by atoms with Crippen molar-refractivity contribution in [1.82, 2.24) is 9.88 Å². The van der Waals surface area contributed by atoms with E-state index in [9.17, 15) is 4.79 Å². The van der Waals surface area contributed by atoms with Crippen LogP contribution in [0, 0.1) is 11.8 Å². The molecule has 1 aromatic rings. The van der Waals surface area contributed by atoms with Crippen LogP contribution in [0.3, 0.4) is 0 Å². The number of nitrogens with zero attached hydrogens (tertiary/aromatic N) is 2. The van der Waals surface area contributed by atoms with Crippen LogP contribution < -0.4 is 4.74 Å². The van der Waals surface area contributed by atoms with Gasteiger partial charge >= 0.3 is 0 Å². The number of hydrogen-bond donors (Lipinski definition) is 0. The van der Waals surface area contributed by atoms with Crippen molar-refractivity contribution in [3.05, 3.63) is 24.5 Å². The minimum absolute atomic E-state index is 0.0995. The fourth-order valence-corrected chi connectivity index (χ4v) is 3.96. The summed E-state index contributed by atoms with van der Waals surface area (Å²) in [6.45, 7) is 3.04. The molecule has 2 saturated heterocycles. The van der Waals surface area contributed by atoms with Crippen LogP contribution in [0.15, 0.2) is 24.5 Å². The van der Waals surface area contributed by atoms with E-state index in [1.54, 1.807) is 12.4 Å². The van der Waals surface area contributed by atoms with Crippen LogP contribution in [0.2, 0.25) is 0 Å². The molecule has 1 atom stereocenters. The Morgan fingerprint density at radius 2 is 2.26 bits per heavy atom. The fourth-order valence-electron chi connectivity index (χ4n) is 3.96. The highest BCUT2D eigenvalue weighted by Crippen LogP contribution is 2.43. The molecule has 3 aliphatic rings. The lowest BCUT2D eigenvalue weighted by Gasteiger charge is -2.51. The van der Waals surface area contributed by atoms with Crippen LogP contribution in [-0.4, -0.2) is 47.7 Å². The Bertz CT molecular complexity index is 553. The molecule has 23 heavy (non-hydrogen) atoms. The summed E-state index contributed by atoms with van der Waals surface area (Å²) in [4.78, 5) is 18.4. The minimum atomic E-state index is -0.0995. The van der Waals surface area contributed by atoms with Gasteiger partial charge in [-0.2, -0.15) is 0 Å². The monoisotopic (exact) mass is 316 g/mol. The Kier molecular flexibility index (Phi) is 3.97. The highest BCUT2D eigenvalue weighted by molar-refractivity contribution is 5.80. The van der Waals surface area contributed by atoms with E-state index in [0.717, 1.165) is 51.1 Å². The molecule has 1 amide bonds. The molecule has 0 N–H and O–H groups in total. The van der Waals surface area contributed by atoms with Crippen LogP contribution in [-0.2, 0) is 9.53 Å². The van der Waals surface area contributed by atoms with Crippen molar-refractivity contribution in [1.29, 1.82) is 0 Å². The highest BCUT2D eigenvalue weighted by atomic mass is 16.5. The fraction of sp³-hybridized carbons (Fsp3) is 0.667. The smallest absolute Gasteiger partial charge is 0.225 e. The van der Waals surface area contributed by atoms with Crippen molar-refractivity contribution in [3.63, 3.8) is 0 Å². The number of ether oxygens (including phenoxy) is 2. The third-order valence-corrected chi connectivity index (χ3v) is 5.65. The quantitative estimate of drug-likeness (QED) is 0.836. The molecule has 3 heterocycles. The summed E-state index contributed by atoms with van der Waals surface area (Å²) in [6.07, 6.45) is 8.89. The molecule has 124 valence electrons. The number of aromatic nitrogens is 1. The van der Waals surface area contributed by atoms with Crippen molar-refractivity contribution >= 4 is 5.91 Å². The van der Waals surface area contributed by atoms with Crippen molar-refractivity contribution < 1.29 is 14.3 Å². The molecule has 5 heteroatoms. The third-order valence-electron chi connectivity index (χ3n) is 5.65. The molecule has 0 bridgehead atoms. The average molecular weight is 316 g/mol. The standard InChI is InChI=1S/C18H24N2O3/c21-17(14-3-1-4-14)20-12-18(13-20)15(7-10-23-18)6-9-22-16-5-2-8-19-11-16/h2,5,8,11,14-15H,1,3-4,6-7,9-10,12-13H2/t15-/m1/s1. The van der Waals surface area contributed by atoms with Gasteiger partial charge in [0, 0.05) is 18.7 Å². The lowest BCUT2D eigenvalue weighted by molar-refractivity contribution is -0.171. The number of carbonyl (C=O) groups excluding carboxylic acids is 1. The molecule has 1 saturated carbocycles. The van der Waals surface area contributed by atoms with E-state index in [1.165, 1.54) is 6.42 Å². The lowest BCUT2D eigenvalue weighted by Crippen LogP contribution is -2.67. The van der Waals surface area contributed by atoms with Gasteiger partial charge in [-0.3, -0.25) is 9.78 Å². The van der Waals surface area contributed by atoms with Gasteiger partial charge in [0.25, 0.3) is 0 Å². The minimum Gasteiger partial charge on any atom is -0.492 e. The van der Waals surface area contributed by atoms with E-state index in [4.69, 9.17) is 9.47 Å². The molecule has 5 nitrogen and oxygen atoms in total. The van der Waals surface area contributed by atoms with Crippen molar-refractivity contribution in [2.45, 2.75) is 37.7 Å². The number of pyridine rings is 1. The van der Waals surface area contributed by atoms with Gasteiger partial charge in [-0.25, -0.2) is 0 Å². The lowest BCUT2D eigenvalue weighted by atomic mass is 9.77. The molecule has 4 rings (SSSR count). The first-order chi connectivity index (χ1) is 11.3. The maximum absolute atomic E-state index is 12.3. The Balaban J connectivity index is 1.27. The number of carbonyl (C=O) groups is 1. The maximum Gasteiger partial charge on any atom is 0.225 e. The topological polar surface area (TPSA) is 51.7 Å². The summed E-state index contributed by atoms with van der Waals surface area (Å²) in [5, 5.41) is 0. The van der Waals surface area contributed by atoms with Gasteiger partial charge < -0.3 is 14.4 Å². The van der Waals surface area contributed by atoms with Gasteiger partial charge in [0.1, 0.15) is 11.4 Å². The molecule has 2 aliphatic heterocycles. The van der Waals surface area contributed by atoms with Crippen LogP contribution in [0.4, 0.5) is 0 Å². The molecule has 0 radical (unpaired) electrons. The normalized spacial score (nSPS) is 25.9. The molecule has 3 fully saturated rings. The number of hydrogen-bond acceptors (Lipinski definition) is 4. The second kappa shape index (κ2) is 6.11. The predicted octanol–water partition coefficient (Wildman–Crippen LogP) is 2.27. The molecule has 0 unspecified atom stereocenters. The first kappa shape index (κ1) is 14.9. The predicted molar refractivity (Wildman–Crippen MR) is 85.1 cm³/mol. The molecule has 1 aromatic heterocycles. The summed E-state index contributed by atoms with van der Waals surface area (Å²) >= 11 is 0. The average Bonchev–Trinajstić information content (AvgIpc) is 2.89. The van der Waals surface area contributed by atoms with Gasteiger partial charge in [-0.15, -0.1) is 0 Å². The highest BCUT2D eigenvalue weighted by Gasteiger charge is 2.54. The molecule has 1 spiro atoms. The van der Waals surface area contributed by atoms with Crippen LogP contribution in [0.1, 0.15) is 32.1 Å². The summed E-state index contributed by atoms with van der Waals surface area (Å²) in [5.74, 6) is 1.95. The number of rotatable bonds is 5. The van der Waals surface area contributed by atoms with Crippen LogP contribution in [0.25, 0.3) is 0 Å². The van der Waals surface area contributed by atoms with E-state index in [2.05, 4.69) is 4.98 Å². The largest absolute Gasteiger partial charge is 0.492 e. The van der Waals surface area contributed by atoms with Crippen molar-refractivity contribution in [3.8, 4) is 5.75 Å². The summed E-state index contributed by atoms with van der Waals surface area (Å²) in [7, 11) is 0. The molecule has 1 aliphatic carbocycles. The number of likely N-dealkylation sites (tertiary alicyclic amines) is 1. The summed E-state index contributed by atoms with van der Waals surface area (Å²) in [5.41, 5.74) is -0.0995.